The van der Waals surface area contributed by atoms with Gasteiger partial charge in [-0.05, 0) is 36.8 Å². The van der Waals surface area contributed by atoms with Crippen molar-refractivity contribution in [3.8, 4) is 0 Å². The minimum absolute atomic E-state index is 0. The normalized spacial score (nSPS) is 21.8. The number of carbonyl (C=O) groups excluding carboxylic acids is 2. The van der Waals surface area contributed by atoms with Crippen LogP contribution in [0.3, 0.4) is 0 Å². The lowest BCUT2D eigenvalue weighted by molar-refractivity contribution is -0.135. The predicted molar refractivity (Wildman–Crippen MR) is 141 cm³/mol. The number of amides is 2. The molecule has 3 fully saturated rings. The van der Waals surface area contributed by atoms with E-state index in [2.05, 4.69) is 27.8 Å². The Hall–Kier alpha value is -1.84. The lowest BCUT2D eigenvalue weighted by Crippen LogP contribution is -2.45. The minimum Gasteiger partial charge on any atom is -0.352 e. The molecule has 33 heavy (non-hydrogen) atoms. The molecule has 2 amide bonds. The second kappa shape index (κ2) is 12.6. The molecule has 7 nitrogen and oxygen atoms in total. The van der Waals surface area contributed by atoms with Crippen LogP contribution < -0.4 is 10.6 Å². The molecule has 0 radical (unpaired) electrons. The maximum atomic E-state index is 12.8. The molecular formula is C25H38IN5O2. The lowest BCUT2D eigenvalue weighted by atomic mass is 9.88. The topological polar surface area (TPSA) is 77.0 Å². The van der Waals surface area contributed by atoms with Crippen molar-refractivity contribution in [2.45, 2.75) is 70.5 Å². The van der Waals surface area contributed by atoms with E-state index in [9.17, 15) is 9.59 Å². The summed E-state index contributed by atoms with van der Waals surface area (Å²) in [5.74, 6) is 1.59. The van der Waals surface area contributed by atoms with Gasteiger partial charge in [0, 0.05) is 58.2 Å². The molecule has 0 spiro atoms. The molecule has 2 aliphatic heterocycles. The number of carbonyl (C=O) groups is 2. The van der Waals surface area contributed by atoms with Gasteiger partial charge < -0.3 is 20.4 Å². The summed E-state index contributed by atoms with van der Waals surface area (Å²) in [5.41, 5.74) is 2.35. The van der Waals surface area contributed by atoms with Gasteiger partial charge in [0.15, 0.2) is 5.96 Å². The maximum Gasteiger partial charge on any atom is 0.225 e. The predicted octanol–water partition coefficient (Wildman–Crippen LogP) is 3.27. The van der Waals surface area contributed by atoms with Crippen molar-refractivity contribution in [3.63, 3.8) is 0 Å². The van der Waals surface area contributed by atoms with Crippen molar-refractivity contribution in [1.82, 2.24) is 20.4 Å². The molecule has 1 atom stereocenters. The molecule has 0 aromatic heterocycles. The van der Waals surface area contributed by atoms with E-state index >= 15 is 0 Å². The number of hydrogen-bond acceptors (Lipinski definition) is 3. The van der Waals surface area contributed by atoms with Crippen molar-refractivity contribution in [2.24, 2.45) is 10.9 Å². The number of guanidine groups is 1. The first-order valence-electron chi connectivity index (χ1n) is 12.2. The highest BCUT2D eigenvalue weighted by Gasteiger charge is 2.31. The summed E-state index contributed by atoms with van der Waals surface area (Å²) >= 11 is 0. The van der Waals surface area contributed by atoms with Gasteiger partial charge in [0.05, 0.1) is 0 Å². The van der Waals surface area contributed by atoms with Gasteiger partial charge in [-0.25, -0.2) is 0 Å². The summed E-state index contributed by atoms with van der Waals surface area (Å²) in [4.78, 5) is 33.3. The summed E-state index contributed by atoms with van der Waals surface area (Å²) in [5, 5.41) is 6.93. The Morgan fingerprint density at radius 2 is 1.82 bits per heavy atom. The van der Waals surface area contributed by atoms with Crippen LogP contribution in [-0.4, -0.2) is 60.3 Å². The number of benzene rings is 1. The highest BCUT2D eigenvalue weighted by atomic mass is 127. The third kappa shape index (κ3) is 6.83. The van der Waals surface area contributed by atoms with E-state index in [4.69, 9.17) is 0 Å². The Bertz CT molecular complexity index is 840. The zero-order valence-electron chi connectivity index (χ0n) is 19.7. The Labute approximate surface area is 214 Å². The van der Waals surface area contributed by atoms with Crippen molar-refractivity contribution in [1.29, 1.82) is 0 Å². The molecule has 1 unspecified atom stereocenters. The summed E-state index contributed by atoms with van der Waals surface area (Å²) in [6.07, 6.45) is 8.33. The van der Waals surface area contributed by atoms with Crippen molar-refractivity contribution < 1.29 is 9.59 Å². The van der Waals surface area contributed by atoms with E-state index in [1.807, 2.05) is 21.9 Å². The number of rotatable bonds is 6. The van der Waals surface area contributed by atoms with Gasteiger partial charge in [-0.2, -0.15) is 0 Å². The van der Waals surface area contributed by atoms with Gasteiger partial charge in [-0.3, -0.25) is 14.6 Å². The Balaban J connectivity index is 0.00000306. The second-order valence-corrected chi connectivity index (χ2v) is 9.36. The summed E-state index contributed by atoms with van der Waals surface area (Å²) in [6, 6.07) is 8.50. The van der Waals surface area contributed by atoms with E-state index in [-0.39, 0.29) is 41.8 Å². The second-order valence-electron chi connectivity index (χ2n) is 9.36. The van der Waals surface area contributed by atoms with Crippen LogP contribution in [0.1, 0.15) is 62.5 Å². The van der Waals surface area contributed by atoms with Gasteiger partial charge in [0.25, 0.3) is 0 Å². The van der Waals surface area contributed by atoms with Gasteiger partial charge in [0.1, 0.15) is 0 Å². The summed E-state index contributed by atoms with van der Waals surface area (Å²) in [6.45, 7) is 3.75. The number of halogens is 1. The van der Waals surface area contributed by atoms with Crippen LogP contribution >= 0.6 is 24.0 Å². The fraction of sp³-hybridized carbons (Fsp3) is 0.640. The zero-order valence-corrected chi connectivity index (χ0v) is 22.1. The molecule has 2 saturated heterocycles. The zero-order chi connectivity index (χ0) is 22.3. The lowest BCUT2D eigenvalue weighted by Gasteiger charge is -2.26. The van der Waals surface area contributed by atoms with Crippen molar-refractivity contribution in [2.75, 3.05) is 26.7 Å². The minimum atomic E-state index is 0. The molecule has 1 aromatic rings. The van der Waals surface area contributed by atoms with Crippen LogP contribution in [0, 0.1) is 5.92 Å². The van der Waals surface area contributed by atoms with Crippen LogP contribution in [-0.2, 0) is 22.7 Å². The molecule has 2 heterocycles. The molecule has 2 N–H and O–H groups in total. The monoisotopic (exact) mass is 567 g/mol. The molecular weight excluding hydrogens is 529 g/mol. The molecule has 1 aromatic carbocycles. The van der Waals surface area contributed by atoms with Gasteiger partial charge in [0.2, 0.25) is 11.8 Å². The third-order valence-electron chi connectivity index (χ3n) is 7.12. The summed E-state index contributed by atoms with van der Waals surface area (Å²) < 4.78 is 0. The van der Waals surface area contributed by atoms with Crippen LogP contribution in [0.5, 0.6) is 0 Å². The molecule has 182 valence electrons. The largest absolute Gasteiger partial charge is 0.352 e. The quantitative estimate of drug-likeness (QED) is 0.315. The molecule has 8 heteroatoms. The van der Waals surface area contributed by atoms with Crippen LogP contribution in [0.15, 0.2) is 29.3 Å². The number of nitrogens with zero attached hydrogens (tertiary/aromatic N) is 3. The van der Waals surface area contributed by atoms with E-state index in [1.54, 1.807) is 7.05 Å². The number of hydrogen-bond donors (Lipinski definition) is 2. The third-order valence-corrected chi connectivity index (χ3v) is 7.12. The van der Waals surface area contributed by atoms with Crippen molar-refractivity contribution >= 4 is 41.8 Å². The highest BCUT2D eigenvalue weighted by Crippen LogP contribution is 2.26. The number of aliphatic imine (C=N–C) groups is 1. The molecule has 4 rings (SSSR count). The Morgan fingerprint density at radius 1 is 1.06 bits per heavy atom. The molecule has 3 aliphatic rings. The summed E-state index contributed by atoms with van der Waals surface area (Å²) in [7, 11) is 1.78. The first-order valence-corrected chi connectivity index (χ1v) is 12.2. The SMILES string of the molecule is CN=C(NCc1ccccc1CN1CCCC1=O)NC1CCN(C(=O)C2CCCCC2)C1.I. The Morgan fingerprint density at radius 3 is 2.52 bits per heavy atom. The van der Waals surface area contributed by atoms with E-state index in [1.165, 1.54) is 30.4 Å². The standard InChI is InChI=1S/C25H37N5O2.HI/c1-26-25(28-22-13-15-30(18-22)24(32)19-8-3-2-4-9-19)27-16-20-10-5-6-11-21(20)17-29-14-7-12-23(29)31;/h5-6,10-11,19,22H,2-4,7-9,12-18H2,1H3,(H2,26,27,28);1H. The van der Waals surface area contributed by atoms with E-state index < -0.39 is 0 Å². The number of nitrogens with one attached hydrogen (secondary N) is 2. The average Bonchev–Trinajstić information content (AvgIpc) is 3.46. The van der Waals surface area contributed by atoms with Gasteiger partial charge >= 0.3 is 0 Å². The van der Waals surface area contributed by atoms with Crippen molar-refractivity contribution in [3.05, 3.63) is 35.4 Å². The molecule has 1 saturated carbocycles. The molecule has 1 aliphatic carbocycles. The maximum absolute atomic E-state index is 12.8. The number of likely N-dealkylation sites (tertiary alicyclic amines) is 2. The fourth-order valence-corrected chi connectivity index (χ4v) is 5.21. The first-order chi connectivity index (χ1) is 15.6. The highest BCUT2D eigenvalue weighted by molar-refractivity contribution is 14.0. The van der Waals surface area contributed by atoms with Crippen LogP contribution in [0.2, 0.25) is 0 Å². The van der Waals surface area contributed by atoms with Crippen LogP contribution in [0.25, 0.3) is 0 Å². The van der Waals surface area contributed by atoms with Gasteiger partial charge in [-0.15, -0.1) is 24.0 Å². The smallest absolute Gasteiger partial charge is 0.225 e. The first kappa shape index (κ1) is 25.8. The van der Waals surface area contributed by atoms with E-state index in [0.717, 1.165) is 51.3 Å². The van der Waals surface area contributed by atoms with E-state index in [0.29, 0.717) is 25.4 Å². The van der Waals surface area contributed by atoms with Gasteiger partial charge in [-0.1, -0.05) is 43.5 Å². The average molecular weight is 568 g/mol. The Kier molecular flexibility index (Phi) is 9.82. The molecule has 0 bridgehead atoms. The van der Waals surface area contributed by atoms with Crippen LogP contribution in [0.4, 0.5) is 0 Å². The fourth-order valence-electron chi connectivity index (χ4n) is 5.21.